The lowest BCUT2D eigenvalue weighted by atomic mass is 10.1. The third-order valence-corrected chi connectivity index (χ3v) is 5.48. The zero-order chi connectivity index (χ0) is 25.1. The molecule has 1 saturated heterocycles. The average Bonchev–Trinajstić information content (AvgIpc) is 2.94. The molecule has 1 aliphatic rings. The van der Waals surface area contributed by atoms with E-state index < -0.39 is 0 Å². The summed E-state index contributed by atoms with van der Waals surface area (Å²) < 4.78 is 5.12. The van der Waals surface area contributed by atoms with E-state index in [1.165, 1.54) is 11.1 Å². The standard InChI is InChI=1S/C16H25N3O2.C11H9N.CH4O/c1-21-15-8-6-14(7-9-15)18-16(20)19-12-4-2-10-17-11-3-5-13-19;1-2-4-10(5-3-1)11-6-8-12-9-7-11;1-2/h6-9,17H,2-5,10-13H2,1H3,(H,18,20);1-9H;2H,1H3. The minimum Gasteiger partial charge on any atom is -0.497 e. The molecule has 1 fully saturated rings. The SMILES string of the molecule is CO.COc1ccc(NC(=O)N2CCCCNCCCC2)cc1.c1ccc(-c2ccncc2)cc1. The molecular weight excluding hydrogens is 440 g/mol. The number of rotatable bonds is 3. The van der Waals surface area contributed by atoms with Crippen LogP contribution in [0.4, 0.5) is 10.5 Å². The molecule has 0 bridgehead atoms. The second kappa shape index (κ2) is 17.1. The number of anilines is 1. The van der Waals surface area contributed by atoms with Crippen LogP contribution in [0.3, 0.4) is 0 Å². The van der Waals surface area contributed by atoms with Crippen LogP contribution >= 0.6 is 0 Å². The van der Waals surface area contributed by atoms with E-state index in [0.29, 0.717) is 0 Å². The number of aliphatic hydroxyl groups excluding tert-OH is 1. The Labute approximate surface area is 209 Å². The lowest BCUT2D eigenvalue weighted by Gasteiger charge is -2.24. The van der Waals surface area contributed by atoms with Crippen molar-refractivity contribution < 1.29 is 14.6 Å². The molecule has 0 atom stereocenters. The topological polar surface area (TPSA) is 86.7 Å². The first-order chi connectivity index (χ1) is 17.3. The molecule has 4 rings (SSSR count). The Morgan fingerprint density at radius 1 is 0.857 bits per heavy atom. The number of hydrogen-bond acceptors (Lipinski definition) is 5. The molecule has 2 aromatic carbocycles. The van der Waals surface area contributed by atoms with Gasteiger partial charge in [0.05, 0.1) is 7.11 Å². The van der Waals surface area contributed by atoms with Gasteiger partial charge in [-0.25, -0.2) is 4.79 Å². The predicted molar refractivity (Wildman–Crippen MR) is 143 cm³/mol. The highest BCUT2D eigenvalue weighted by atomic mass is 16.5. The Hall–Kier alpha value is -3.42. The lowest BCUT2D eigenvalue weighted by molar-refractivity contribution is 0.208. The Kier molecular flexibility index (Phi) is 13.6. The van der Waals surface area contributed by atoms with Crippen LogP contribution in [-0.2, 0) is 0 Å². The van der Waals surface area contributed by atoms with Crippen LogP contribution in [0.15, 0.2) is 79.1 Å². The molecular formula is C28H38N4O3. The van der Waals surface area contributed by atoms with E-state index in [-0.39, 0.29) is 6.03 Å². The largest absolute Gasteiger partial charge is 0.497 e. The molecule has 3 aromatic rings. The van der Waals surface area contributed by atoms with Gasteiger partial charge in [0, 0.05) is 38.3 Å². The number of nitrogens with zero attached hydrogens (tertiary/aromatic N) is 2. The van der Waals surface area contributed by atoms with Gasteiger partial charge in [-0.3, -0.25) is 4.98 Å². The number of aromatic nitrogens is 1. The first-order valence-electron chi connectivity index (χ1n) is 12.1. The zero-order valence-corrected chi connectivity index (χ0v) is 20.8. The van der Waals surface area contributed by atoms with Crippen LogP contribution in [0.25, 0.3) is 11.1 Å². The van der Waals surface area contributed by atoms with Crippen LogP contribution < -0.4 is 15.4 Å². The summed E-state index contributed by atoms with van der Waals surface area (Å²) >= 11 is 0. The van der Waals surface area contributed by atoms with Gasteiger partial charge in [0.25, 0.3) is 0 Å². The number of methoxy groups -OCH3 is 1. The summed E-state index contributed by atoms with van der Waals surface area (Å²) in [7, 11) is 2.63. The molecule has 2 heterocycles. The van der Waals surface area contributed by atoms with Crippen molar-refractivity contribution in [2.75, 3.05) is 45.7 Å². The maximum Gasteiger partial charge on any atom is 0.321 e. The summed E-state index contributed by atoms with van der Waals surface area (Å²) in [6, 6.07) is 21.7. The second-order valence-corrected chi connectivity index (χ2v) is 7.91. The van der Waals surface area contributed by atoms with Gasteiger partial charge in [0.15, 0.2) is 0 Å². The smallest absolute Gasteiger partial charge is 0.321 e. The number of ether oxygens (including phenoxy) is 1. The quantitative estimate of drug-likeness (QED) is 0.490. The van der Waals surface area contributed by atoms with E-state index in [4.69, 9.17) is 9.84 Å². The fraction of sp³-hybridized carbons (Fsp3) is 0.357. The summed E-state index contributed by atoms with van der Waals surface area (Å²) in [5.41, 5.74) is 3.25. The van der Waals surface area contributed by atoms with E-state index in [9.17, 15) is 4.79 Å². The Morgan fingerprint density at radius 2 is 1.43 bits per heavy atom. The molecule has 1 aromatic heterocycles. The van der Waals surface area contributed by atoms with Gasteiger partial charge in [0.2, 0.25) is 0 Å². The highest BCUT2D eigenvalue weighted by Gasteiger charge is 2.13. The van der Waals surface area contributed by atoms with Crippen molar-refractivity contribution in [3.63, 3.8) is 0 Å². The van der Waals surface area contributed by atoms with Crippen LogP contribution in [-0.4, -0.2) is 61.4 Å². The summed E-state index contributed by atoms with van der Waals surface area (Å²) in [4.78, 5) is 18.3. The molecule has 0 unspecified atom stereocenters. The van der Waals surface area contributed by atoms with Crippen LogP contribution in [0.2, 0.25) is 0 Å². The molecule has 188 valence electrons. The van der Waals surface area contributed by atoms with Gasteiger partial charge in [-0.2, -0.15) is 0 Å². The van der Waals surface area contributed by atoms with Gasteiger partial charge >= 0.3 is 6.03 Å². The number of urea groups is 1. The van der Waals surface area contributed by atoms with Gasteiger partial charge in [0.1, 0.15) is 5.75 Å². The normalized spacial score (nSPS) is 13.7. The van der Waals surface area contributed by atoms with Crippen molar-refractivity contribution in [2.45, 2.75) is 25.7 Å². The van der Waals surface area contributed by atoms with Crippen LogP contribution in [0.1, 0.15) is 25.7 Å². The van der Waals surface area contributed by atoms with Crippen molar-refractivity contribution in [3.05, 3.63) is 79.1 Å². The molecule has 7 heteroatoms. The number of pyridine rings is 1. The molecule has 2 amide bonds. The number of carbonyl (C=O) groups is 1. The maximum atomic E-state index is 12.4. The average molecular weight is 479 g/mol. The van der Waals surface area contributed by atoms with Crippen LogP contribution in [0, 0.1) is 0 Å². The molecule has 3 N–H and O–H groups in total. The number of benzene rings is 2. The van der Waals surface area contributed by atoms with Gasteiger partial charge < -0.3 is 25.4 Å². The van der Waals surface area contributed by atoms with Gasteiger partial charge in [-0.15, -0.1) is 0 Å². The number of hydrogen-bond donors (Lipinski definition) is 3. The molecule has 7 nitrogen and oxygen atoms in total. The van der Waals surface area contributed by atoms with Gasteiger partial charge in [-0.05, 0) is 86.3 Å². The molecule has 0 aliphatic carbocycles. The van der Waals surface area contributed by atoms with Crippen molar-refractivity contribution in [1.82, 2.24) is 15.2 Å². The Balaban J connectivity index is 0.000000260. The molecule has 1 aliphatic heterocycles. The Bertz CT molecular complexity index is 890. The summed E-state index contributed by atoms with van der Waals surface area (Å²) in [5.74, 6) is 0.791. The highest BCUT2D eigenvalue weighted by molar-refractivity contribution is 5.89. The first kappa shape index (κ1) is 27.8. The third kappa shape index (κ3) is 10.6. The number of nitrogens with one attached hydrogen (secondary N) is 2. The lowest BCUT2D eigenvalue weighted by Crippen LogP contribution is -2.37. The first-order valence-corrected chi connectivity index (χ1v) is 12.1. The minimum atomic E-state index is -0.00583. The fourth-order valence-corrected chi connectivity index (χ4v) is 3.60. The molecule has 0 saturated carbocycles. The summed E-state index contributed by atoms with van der Waals surface area (Å²) in [6.07, 6.45) is 7.94. The predicted octanol–water partition coefficient (Wildman–Crippen LogP) is 5.05. The zero-order valence-electron chi connectivity index (χ0n) is 20.8. The van der Waals surface area contributed by atoms with Crippen molar-refractivity contribution in [3.8, 4) is 16.9 Å². The molecule has 0 radical (unpaired) electrons. The van der Waals surface area contributed by atoms with Crippen LogP contribution in [0.5, 0.6) is 5.75 Å². The van der Waals surface area contributed by atoms with E-state index in [1.807, 2.05) is 71.9 Å². The number of amides is 2. The van der Waals surface area contributed by atoms with E-state index in [2.05, 4.69) is 27.8 Å². The second-order valence-electron chi connectivity index (χ2n) is 7.91. The molecule has 0 spiro atoms. The van der Waals surface area contributed by atoms with E-state index in [1.54, 1.807) is 7.11 Å². The fourth-order valence-electron chi connectivity index (χ4n) is 3.60. The van der Waals surface area contributed by atoms with E-state index in [0.717, 1.165) is 70.4 Å². The Morgan fingerprint density at radius 3 is 2.00 bits per heavy atom. The maximum absolute atomic E-state index is 12.4. The minimum absolute atomic E-state index is 0.00583. The molecule has 35 heavy (non-hydrogen) atoms. The van der Waals surface area contributed by atoms with Gasteiger partial charge in [-0.1, -0.05) is 30.3 Å². The highest BCUT2D eigenvalue weighted by Crippen LogP contribution is 2.17. The summed E-state index contributed by atoms with van der Waals surface area (Å²) in [6.45, 7) is 3.75. The number of carbonyl (C=O) groups excluding carboxylic acids is 1. The van der Waals surface area contributed by atoms with Crippen molar-refractivity contribution >= 4 is 11.7 Å². The third-order valence-electron chi connectivity index (χ3n) is 5.48. The monoisotopic (exact) mass is 478 g/mol. The van der Waals surface area contributed by atoms with Crippen molar-refractivity contribution in [1.29, 1.82) is 0 Å². The summed E-state index contributed by atoms with van der Waals surface area (Å²) in [5, 5.41) is 13.4. The van der Waals surface area contributed by atoms with Crippen molar-refractivity contribution in [2.24, 2.45) is 0 Å². The number of aliphatic hydroxyl groups is 1. The van der Waals surface area contributed by atoms with E-state index >= 15 is 0 Å².